The fraction of sp³-hybridized carbons (Fsp3) is 0.0357. The lowest BCUT2D eigenvalue weighted by Gasteiger charge is -2.24. The van der Waals surface area contributed by atoms with Gasteiger partial charge in [0.05, 0.1) is 32.7 Å². The highest BCUT2D eigenvalue weighted by Crippen LogP contribution is 2.32. The Labute approximate surface area is 207 Å². The molecule has 7 nitrogen and oxygen atoms in total. The van der Waals surface area contributed by atoms with Gasteiger partial charge in [-0.1, -0.05) is 54.1 Å². The molecule has 0 saturated heterocycles. The summed E-state index contributed by atoms with van der Waals surface area (Å²) >= 11 is 0. The Morgan fingerprint density at radius 3 is 1.81 bits per heavy atom. The Morgan fingerprint density at radius 2 is 1.28 bits per heavy atom. The molecule has 8 heteroatoms. The van der Waals surface area contributed by atoms with Crippen molar-refractivity contribution in [3.63, 3.8) is 0 Å². The zero-order chi connectivity index (χ0) is 25.4. The maximum atomic E-state index is 14.3. The summed E-state index contributed by atoms with van der Waals surface area (Å²) in [6, 6.07) is 25.5. The van der Waals surface area contributed by atoms with Gasteiger partial charge in [-0.05, 0) is 55.5 Å². The number of aryl methyl sites for hydroxylation is 1. The van der Waals surface area contributed by atoms with Crippen LogP contribution in [0.15, 0.2) is 102 Å². The van der Waals surface area contributed by atoms with E-state index in [4.69, 9.17) is 0 Å². The van der Waals surface area contributed by atoms with Gasteiger partial charge in [-0.3, -0.25) is 4.79 Å². The van der Waals surface area contributed by atoms with E-state index >= 15 is 0 Å². The van der Waals surface area contributed by atoms with E-state index in [0.29, 0.717) is 21.8 Å². The summed E-state index contributed by atoms with van der Waals surface area (Å²) in [6.45, 7) is 1.83. The number of carboxylic acids is 1. The minimum Gasteiger partial charge on any atom is -0.478 e. The highest BCUT2D eigenvalue weighted by Gasteiger charge is 2.34. The number of benzene rings is 4. The van der Waals surface area contributed by atoms with Crippen LogP contribution in [0.3, 0.4) is 0 Å². The number of carbonyl (C=O) groups excluding carboxylic acids is 1. The smallest absolute Gasteiger partial charge is 0.335 e. The number of rotatable bonds is 5. The molecule has 0 aliphatic carbocycles. The molecule has 0 fully saturated rings. The minimum atomic E-state index is -4.37. The second-order valence-electron chi connectivity index (χ2n) is 8.26. The Hall–Kier alpha value is -4.56. The van der Waals surface area contributed by atoms with E-state index in [1.54, 1.807) is 60.7 Å². The standard InChI is InChI=1S/C28H20N2O5S/c1-18-10-16-21(17-11-18)36(34,35)30(20-14-12-19(13-15-20)28(32)33)27(31)26-22-6-2-4-8-24(22)29-25-9-5-3-7-23(25)26/h2-17H,1H3,(H,32,33). The zero-order valence-corrected chi connectivity index (χ0v) is 19.9. The Morgan fingerprint density at radius 1 is 0.750 bits per heavy atom. The molecule has 0 spiro atoms. The van der Waals surface area contributed by atoms with Crippen LogP contribution in [0.5, 0.6) is 0 Å². The number of carboxylic acid groups (broad SMARTS) is 1. The van der Waals surface area contributed by atoms with Crippen molar-refractivity contribution in [1.82, 2.24) is 4.98 Å². The fourth-order valence-electron chi connectivity index (χ4n) is 4.09. The lowest BCUT2D eigenvalue weighted by Crippen LogP contribution is -2.37. The predicted octanol–water partition coefficient (Wildman–Crippen LogP) is 5.43. The van der Waals surface area contributed by atoms with Crippen LogP contribution in [-0.4, -0.2) is 30.4 Å². The van der Waals surface area contributed by atoms with Crippen LogP contribution in [0.4, 0.5) is 5.69 Å². The molecule has 36 heavy (non-hydrogen) atoms. The van der Waals surface area contributed by atoms with E-state index in [9.17, 15) is 23.1 Å². The Bertz CT molecular complexity index is 1690. The van der Waals surface area contributed by atoms with Gasteiger partial charge >= 0.3 is 5.97 Å². The first-order valence-electron chi connectivity index (χ1n) is 11.0. The first-order valence-corrected chi connectivity index (χ1v) is 12.5. The molecule has 0 saturated carbocycles. The van der Waals surface area contributed by atoms with Gasteiger partial charge < -0.3 is 5.11 Å². The molecule has 0 bridgehead atoms. The van der Waals surface area contributed by atoms with E-state index in [-0.39, 0.29) is 21.7 Å². The molecule has 4 aromatic carbocycles. The molecule has 5 rings (SSSR count). The third-order valence-corrected chi connectivity index (χ3v) is 7.62. The topological polar surface area (TPSA) is 105 Å². The van der Waals surface area contributed by atoms with E-state index in [0.717, 1.165) is 9.87 Å². The summed E-state index contributed by atoms with van der Waals surface area (Å²) in [5.41, 5.74) is 2.15. The van der Waals surface area contributed by atoms with Crippen molar-refractivity contribution in [3.8, 4) is 0 Å². The molecule has 1 aromatic heterocycles. The maximum Gasteiger partial charge on any atom is 0.335 e. The molecule has 1 heterocycles. The van der Waals surface area contributed by atoms with Crippen LogP contribution in [0, 0.1) is 6.92 Å². The number of anilines is 1. The highest BCUT2D eigenvalue weighted by atomic mass is 32.2. The number of para-hydroxylation sites is 2. The molecule has 0 unspecified atom stereocenters. The van der Waals surface area contributed by atoms with E-state index in [1.807, 2.05) is 6.92 Å². The molecule has 178 valence electrons. The van der Waals surface area contributed by atoms with Crippen molar-refractivity contribution >= 4 is 49.4 Å². The predicted molar refractivity (Wildman–Crippen MR) is 138 cm³/mol. The molecule has 0 atom stereocenters. The van der Waals surface area contributed by atoms with Crippen LogP contribution >= 0.6 is 0 Å². The third-order valence-electron chi connectivity index (χ3n) is 5.89. The van der Waals surface area contributed by atoms with Gasteiger partial charge in [0.15, 0.2) is 0 Å². The molecule has 5 aromatic rings. The highest BCUT2D eigenvalue weighted by molar-refractivity contribution is 7.93. The summed E-state index contributed by atoms with van der Waals surface area (Å²) in [5.74, 6) is -1.93. The second kappa shape index (κ2) is 8.90. The summed E-state index contributed by atoms with van der Waals surface area (Å²) in [5, 5.41) is 10.3. The monoisotopic (exact) mass is 496 g/mol. The fourth-order valence-corrected chi connectivity index (χ4v) is 5.49. The van der Waals surface area contributed by atoms with E-state index < -0.39 is 21.9 Å². The molecule has 0 radical (unpaired) electrons. The average Bonchev–Trinajstić information content (AvgIpc) is 2.87. The van der Waals surface area contributed by atoms with Crippen LogP contribution in [0.2, 0.25) is 0 Å². The molecular formula is C28H20N2O5S. The first-order chi connectivity index (χ1) is 17.3. The number of fused-ring (bicyclic) bond motifs is 2. The molecule has 0 aliphatic rings. The van der Waals surface area contributed by atoms with Crippen molar-refractivity contribution in [2.45, 2.75) is 11.8 Å². The largest absolute Gasteiger partial charge is 0.478 e. The number of hydrogen-bond acceptors (Lipinski definition) is 5. The van der Waals surface area contributed by atoms with Crippen molar-refractivity contribution in [3.05, 3.63) is 114 Å². The number of pyridine rings is 1. The molecular weight excluding hydrogens is 476 g/mol. The molecule has 0 aliphatic heterocycles. The van der Waals surface area contributed by atoms with Crippen LogP contribution < -0.4 is 4.31 Å². The Kier molecular flexibility index (Phi) is 5.74. The average molecular weight is 497 g/mol. The lowest BCUT2D eigenvalue weighted by atomic mass is 10.0. The van der Waals surface area contributed by atoms with Crippen LogP contribution in [-0.2, 0) is 10.0 Å². The number of nitrogens with zero attached hydrogens (tertiary/aromatic N) is 2. The minimum absolute atomic E-state index is 0.0237. The van der Waals surface area contributed by atoms with Gasteiger partial charge in [-0.15, -0.1) is 0 Å². The third kappa shape index (κ3) is 3.97. The van der Waals surface area contributed by atoms with Crippen LogP contribution in [0.1, 0.15) is 26.3 Å². The van der Waals surface area contributed by atoms with Gasteiger partial charge in [0.25, 0.3) is 15.9 Å². The van der Waals surface area contributed by atoms with Gasteiger partial charge in [0, 0.05) is 10.8 Å². The van der Waals surface area contributed by atoms with E-state index in [1.165, 1.54) is 36.4 Å². The number of sulfonamides is 1. The van der Waals surface area contributed by atoms with Gasteiger partial charge in [-0.25, -0.2) is 18.2 Å². The summed E-state index contributed by atoms with van der Waals surface area (Å²) in [4.78, 5) is 30.2. The maximum absolute atomic E-state index is 14.3. The van der Waals surface area contributed by atoms with Gasteiger partial charge in [-0.2, -0.15) is 4.31 Å². The van der Waals surface area contributed by atoms with E-state index in [2.05, 4.69) is 4.98 Å². The summed E-state index contributed by atoms with van der Waals surface area (Å²) < 4.78 is 28.6. The quantitative estimate of drug-likeness (QED) is 0.325. The number of carbonyl (C=O) groups is 2. The normalized spacial score (nSPS) is 11.5. The summed E-state index contributed by atoms with van der Waals surface area (Å²) in [6.07, 6.45) is 0. The molecule has 1 N–H and O–H groups in total. The van der Waals surface area contributed by atoms with Crippen LogP contribution in [0.25, 0.3) is 21.8 Å². The zero-order valence-electron chi connectivity index (χ0n) is 19.1. The SMILES string of the molecule is Cc1ccc(S(=O)(=O)N(C(=O)c2c3ccccc3nc3ccccc23)c2ccc(C(=O)O)cc2)cc1. The number of aromatic nitrogens is 1. The number of hydrogen-bond donors (Lipinski definition) is 1. The van der Waals surface area contributed by atoms with Crippen molar-refractivity contribution < 1.29 is 23.1 Å². The number of aromatic carboxylic acids is 1. The van der Waals surface area contributed by atoms with Crippen molar-refractivity contribution in [2.75, 3.05) is 4.31 Å². The van der Waals surface area contributed by atoms with Crippen molar-refractivity contribution in [2.24, 2.45) is 0 Å². The number of amides is 1. The van der Waals surface area contributed by atoms with Crippen molar-refractivity contribution in [1.29, 1.82) is 0 Å². The second-order valence-corrected chi connectivity index (χ2v) is 10.0. The summed E-state index contributed by atoms with van der Waals surface area (Å²) in [7, 11) is -4.37. The first kappa shape index (κ1) is 23.2. The lowest BCUT2D eigenvalue weighted by molar-refractivity contribution is 0.0696. The molecule has 1 amide bonds. The Balaban J connectivity index is 1.79. The van der Waals surface area contributed by atoms with Gasteiger partial charge in [0.1, 0.15) is 0 Å². The van der Waals surface area contributed by atoms with Gasteiger partial charge in [0.2, 0.25) is 0 Å².